The Morgan fingerprint density at radius 3 is 2.61 bits per heavy atom. The van der Waals surface area contributed by atoms with Crippen LogP contribution in [0.1, 0.15) is 17.2 Å². The van der Waals surface area contributed by atoms with Crippen LogP contribution in [0.3, 0.4) is 0 Å². The Bertz CT molecular complexity index is 557. The lowest BCUT2D eigenvalue weighted by molar-refractivity contribution is 0.618. The van der Waals surface area contributed by atoms with Crippen LogP contribution in [-0.2, 0) is 6.42 Å². The van der Waals surface area contributed by atoms with E-state index < -0.39 is 0 Å². The molecule has 1 atom stereocenters. The highest BCUT2D eigenvalue weighted by molar-refractivity contribution is 6.31. The average Bonchev–Trinajstić information content (AvgIpc) is 2.32. The summed E-state index contributed by atoms with van der Waals surface area (Å²) in [5, 5.41) is 1.14. The van der Waals surface area contributed by atoms with E-state index in [1.165, 1.54) is 18.2 Å². The van der Waals surface area contributed by atoms with Crippen molar-refractivity contribution in [1.29, 1.82) is 0 Å². The minimum Gasteiger partial charge on any atom is -0.324 e. The van der Waals surface area contributed by atoms with Crippen molar-refractivity contribution in [2.45, 2.75) is 12.5 Å². The second-order valence-electron chi connectivity index (χ2n) is 4.11. The normalized spacial score (nSPS) is 12.4. The van der Waals surface area contributed by atoms with E-state index in [0.29, 0.717) is 22.0 Å². The third-order valence-corrected chi connectivity index (χ3v) is 3.28. The van der Waals surface area contributed by atoms with Gasteiger partial charge in [-0.25, -0.2) is 4.39 Å². The van der Waals surface area contributed by atoms with E-state index in [2.05, 4.69) is 0 Å². The Morgan fingerprint density at radius 1 is 1.11 bits per heavy atom. The molecule has 0 aliphatic heterocycles. The molecule has 0 radical (unpaired) electrons. The van der Waals surface area contributed by atoms with Crippen LogP contribution < -0.4 is 5.73 Å². The Kier molecular flexibility index (Phi) is 4.23. The molecular weight excluding hydrogens is 272 g/mol. The average molecular weight is 284 g/mol. The quantitative estimate of drug-likeness (QED) is 0.889. The monoisotopic (exact) mass is 283 g/mol. The summed E-state index contributed by atoms with van der Waals surface area (Å²) in [5.41, 5.74) is 7.66. The fourth-order valence-corrected chi connectivity index (χ4v) is 2.30. The summed E-state index contributed by atoms with van der Waals surface area (Å²) < 4.78 is 13.2. The topological polar surface area (TPSA) is 26.0 Å². The minimum absolute atomic E-state index is 0.337. The minimum atomic E-state index is -0.355. The summed E-state index contributed by atoms with van der Waals surface area (Å²) >= 11 is 11.9. The molecule has 2 aromatic rings. The molecule has 0 aliphatic carbocycles. The molecule has 0 amide bonds. The van der Waals surface area contributed by atoms with Crippen molar-refractivity contribution in [3.05, 3.63) is 69.5 Å². The molecule has 1 unspecified atom stereocenters. The Hall–Kier alpha value is -1.09. The molecule has 0 fully saturated rings. The molecule has 0 bridgehead atoms. The van der Waals surface area contributed by atoms with E-state index in [9.17, 15) is 4.39 Å². The zero-order valence-electron chi connectivity index (χ0n) is 9.54. The van der Waals surface area contributed by atoms with Crippen LogP contribution in [0.4, 0.5) is 4.39 Å². The van der Waals surface area contributed by atoms with Crippen LogP contribution in [0.5, 0.6) is 0 Å². The van der Waals surface area contributed by atoms with Crippen molar-refractivity contribution in [3.8, 4) is 0 Å². The van der Waals surface area contributed by atoms with Gasteiger partial charge in [-0.1, -0.05) is 35.3 Å². The van der Waals surface area contributed by atoms with E-state index in [0.717, 1.165) is 5.56 Å². The van der Waals surface area contributed by atoms with Crippen LogP contribution in [0.2, 0.25) is 10.0 Å². The SMILES string of the molecule is NC(Cc1cccc(Cl)c1)c1cc(F)ccc1Cl. The molecule has 4 heteroatoms. The number of nitrogens with two attached hydrogens (primary N) is 1. The molecule has 2 rings (SSSR count). The first-order valence-corrected chi connectivity index (χ1v) is 6.27. The van der Waals surface area contributed by atoms with Gasteiger partial charge in [0.1, 0.15) is 5.82 Å². The molecule has 18 heavy (non-hydrogen) atoms. The highest BCUT2D eigenvalue weighted by Crippen LogP contribution is 2.25. The number of hydrogen-bond acceptors (Lipinski definition) is 1. The van der Waals surface area contributed by atoms with Crippen molar-refractivity contribution in [2.24, 2.45) is 5.73 Å². The third-order valence-electron chi connectivity index (χ3n) is 2.70. The van der Waals surface area contributed by atoms with Gasteiger partial charge in [0, 0.05) is 16.1 Å². The van der Waals surface area contributed by atoms with Crippen LogP contribution in [-0.4, -0.2) is 0 Å². The summed E-state index contributed by atoms with van der Waals surface area (Å²) in [6, 6.07) is 11.3. The van der Waals surface area contributed by atoms with Gasteiger partial charge >= 0.3 is 0 Å². The molecule has 0 saturated heterocycles. The van der Waals surface area contributed by atoms with Gasteiger partial charge in [0.2, 0.25) is 0 Å². The summed E-state index contributed by atoms with van der Waals surface area (Å²) in [7, 11) is 0. The third kappa shape index (κ3) is 3.22. The van der Waals surface area contributed by atoms with Crippen molar-refractivity contribution in [3.63, 3.8) is 0 Å². The number of benzene rings is 2. The second-order valence-corrected chi connectivity index (χ2v) is 4.95. The van der Waals surface area contributed by atoms with E-state index in [1.807, 2.05) is 18.2 Å². The fraction of sp³-hybridized carbons (Fsp3) is 0.143. The van der Waals surface area contributed by atoms with Gasteiger partial charge in [-0.3, -0.25) is 0 Å². The van der Waals surface area contributed by atoms with Crippen molar-refractivity contribution < 1.29 is 4.39 Å². The smallest absolute Gasteiger partial charge is 0.123 e. The molecule has 2 N–H and O–H groups in total. The summed E-state index contributed by atoms with van der Waals surface area (Å²) in [4.78, 5) is 0. The van der Waals surface area contributed by atoms with Gasteiger partial charge in [-0.05, 0) is 47.9 Å². The molecule has 94 valence electrons. The highest BCUT2D eigenvalue weighted by Gasteiger charge is 2.12. The van der Waals surface area contributed by atoms with E-state index in [1.54, 1.807) is 6.07 Å². The van der Waals surface area contributed by atoms with E-state index >= 15 is 0 Å². The van der Waals surface area contributed by atoms with Gasteiger partial charge in [-0.2, -0.15) is 0 Å². The van der Waals surface area contributed by atoms with Gasteiger partial charge in [0.15, 0.2) is 0 Å². The zero-order chi connectivity index (χ0) is 13.1. The summed E-state index contributed by atoms with van der Waals surface area (Å²) in [6.07, 6.45) is 0.559. The predicted molar refractivity (Wildman–Crippen MR) is 73.5 cm³/mol. The number of halogens is 3. The Morgan fingerprint density at radius 2 is 1.89 bits per heavy atom. The maximum Gasteiger partial charge on any atom is 0.123 e. The zero-order valence-corrected chi connectivity index (χ0v) is 11.0. The Labute approximate surface area is 115 Å². The second kappa shape index (κ2) is 5.70. The first-order valence-electron chi connectivity index (χ1n) is 5.51. The lowest BCUT2D eigenvalue weighted by Crippen LogP contribution is -2.14. The first kappa shape index (κ1) is 13.3. The lowest BCUT2D eigenvalue weighted by atomic mass is 9.99. The van der Waals surface area contributed by atoms with Crippen LogP contribution in [0, 0.1) is 5.82 Å². The lowest BCUT2D eigenvalue weighted by Gasteiger charge is -2.14. The standard InChI is InChI=1S/C14H12Cl2FN/c15-10-3-1-2-9(6-10)7-14(18)12-8-11(17)4-5-13(12)16/h1-6,8,14H,7,18H2. The van der Waals surface area contributed by atoms with Crippen LogP contribution in [0.25, 0.3) is 0 Å². The first-order chi connectivity index (χ1) is 8.56. The van der Waals surface area contributed by atoms with Crippen molar-refractivity contribution >= 4 is 23.2 Å². The summed E-state index contributed by atoms with van der Waals surface area (Å²) in [6.45, 7) is 0. The van der Waals surface area contributed by atoms with Gasteiger partial charge in [-0.15, -0.1) is 0 Å². The predicted octanol–water partition coefficient (Wildman–Crippen LogP) is 4.38. The molecule has 2 aromatic carbocycles. The van der Waals surface area contributed by atoms with Gasteiger partial charge in [0.25, 0.3) is 0 Å². The summed E-state index contributed by atoms with van der Waals surface area (Å²) in [5.74, 6) is -0.337. The largest absolute Gasteiger partial charge is 0.324 e. The van der Waals surface area contributed by atoms with Crippen LogP contribution in [0.15, 0.2) is 42.5 Å². The maximum absolute atomic E-state index is 13.2. The van der Waals surface area contributed by atoms with Crippen molar-refractivity contribution in [2.75, 3.05) is 0 Å². The van der Waals surface area contributed by atoms with Gasteiger partial charge < -0.3 is 5.73 Å². The van der Waals surface area contributed by atoms with Gasteiger partial charge in [0.05, 0.1) is 0 Å². The molecule has 0 heterocycles. The molecular formula is C14H12Cl2FN. The number of hydrogen-bond donors (Lipinski definition) is 1. The molecule has 0 saturated carbocycles. The van der Waals surface area contributed by atoms with E-state index in [4.69, 9.17) is 28.9 Å². The Balaban J connectivity index is 2.21. The maximum atomic E-state index is 13.2. The molecule has 0 aromatic heterocycles. The van der Waals surface area contributed by atoms with E-state index in [-0.39, 0.29) is 11.9 Å². The van der Waals surface area contributed by atoms with Crippen molar-refractivity contribution in [1.82, 2.24) is 0 Å². The fourth-order valence-electron chi connectivity index (χ4n) is 1.83. The molecule has 1 nitrogen and oxygen atoms in total. The molecule has 0 aliphatic rings. The molecule has 0 spiro atoms. The highest BCUT2D eigenvalue weighted by atomic mass is 35.5. The van der Waals surface area contributed by atoms with Crippen LogP contribution >= 0.6 is 23.2 Å². The number of rotatable bonds is 3.